The molecule has 2 saturated heterocycles. The van der Waals surface area contributed by atoms with Crippen LogP contribution in [0.25, 0.3) is 0 Å². The zero-order valence-electron chi connectivity index (χ0n) is 11.5. The Hall–Kier alpha value is -0.570. The summed E-state index contributed by atoms with van der Waals surface area (Å²) in [7, 11) is 0. The Bertz CT molecular complexity index is 398. The fourth-order valence-corrected chi connectivity index (χ4v) is 3.55. The Morgan fingerprint density at radius 1 is 1.00 bits per heavy atom. The van der Waals surface area contributed by atoms with Crippen LogP contribution >= 0.6 is 11.6 Å². The number of benzene rings is 1. The second-order valence-electron chi connectivity index (χ2n) is 5.90. The van der Waals surface area contributed by atoms with E-state index in [4.69, 9.17) is 11.6 Å². The number of piperidine rings is 1. The molecule has 0 spiro atoms. The minimum atomic E-state index is 0.795. The molecule has 0 aliphatic carbocycles. The summed E-state index contributed by atoms with van der Waals surface area (Å²) in [6.07, 6.45) is 5.52. The van der Waals surface area contributed by atoms with Crippen molar-refractivity contribution in [1.82, 2.24) is 9.80 Å². The summed E-state index contributed by atoms with van der Waals surface area (Å²) in [5, 5.41) is 0.831. The van der Waals surface area contributed by atoms with Gasteiger partial charge in [0.2, 0.25) is 0 Å². The average molecular weight is 279 g/mol. The van der Waals surface area contributed by atoms with Crippen molar-refractivity contribution < 1.29 is 0 Å². The highest BCUT2D eigenvalue weighted by Crippen LogP contribution is 2.22. The van der Waals surface area contributed by atoms with Crippen molar-refractivity contribution in [2.45, 2.75) is 38.3 Å². The zero-order valence-corrected chi connectivity index (χ0v) is 12.3. The first kappa shape index (κ1) is 13.4. The van der Waals surface area contributed by atoms with Gasteiger partial charge in [-0.2, -0.15) is 0 Å². The summed E-state index contributed by atoms with van der Waals surface area (Å²) in [5.41, 5.74) is 1.38. The number of likely N-dealkylation sites (tertiary alicyclic amines) is 2. The lowest BCUT2D eigenvalue weighted by Crippen LogP contribution is -2.46. The monoisotopic (exact) mass is 278 g/mol. The molecule has 19 heavy (non-hydrogen) atoms. The minimum Gasteiger partial charge on any atom is -0.299 e. The van der Waals surface area contributed by atoms with Crippen LogP contribution in [-0.2, 0) is 6.54 Å². The lowest BCUT2D eigenvalue weighted by molar-refractivity contribution is 0.110. The van der Waals surface area contributed by atoms with Crippen LogP contribution in [0.4, 0.5) is 0 Å². The predicted molar refractivity (Wildman–Crippen MR) is 80.6 cm³/mol. The van der Waals surface area contributed by atoms with Crippen molar-refractivity contribution in [3.05, 3.63) is 34.9 Å². The van der Waals surface area contributed by atoms with Gasteiger partial charge < -0.3 is 0 Å². The van der Waals surface area contributed by atoms with E-state index in [0.717, 1.165) is 17.6 Å². The quantitative estimate of drug-likeness (QED) is 0.836. The molecule has 1 atom stereocenters. The summed E-state index contributed by atoms with van der Waals surface area (Å²) in [4.78, 5) is 5.31. The normalized spacial score (nSPS) is 25.8. The molecule has 0 aromatic heterocycles. The highest BCUT2D eigenvalue weighted by molar-refractivity contribution is 6.30. The lowest BCUT2D eigenvalue weighted by Gasteiger charge is -2.37. The van der Waals surface area contributed by atoms with Gasteiger partial charge in [0, 0.05) is 24.2 Å². The lowest BCUT2D eigenvalue weighted by atomic mass is 10.0. The van der Waals surface area contributed by atoms with Gasteiger partial charge in [0.25, 0.3) is 0 Å². The van der Waals surface area contributed by atoms with E-state index >= 15 is 0 Å². The molecule has 0 saturated carbocycles. The van der Waals surface area contributed by atoms with Crippen molar-refractivity contribution in [2.24, 2.45) is 0 Å². The van der Waals surface area contributed by atoms with Crippen molar-refractivity contribution in [3.8, 4) is 0 Å². The number of halogens is 1. The number of hydrogen-bond acceptors (Lipinski definition) is 2. The fourth-order valence-electron chi connectivity index (χ4n) is 3.43. The largest absolute Gasteiger partial charge is 0.299 e. The van der Waals surface area contributed by atoms with Gasteiger partial charge in [-0.05, 0) is 63.0 Å². The third-order valence-electron chi connectivity index (χ3n) is 4.46. The molecular formula is C16H23ClN2. The summed E-state index contributed by atoms with van der Waals surface area (Å²) in [5.74, 6) is 0. The Morgan fingerprint density at radius 2 is 1.74 bits per heavy atom. The van der Waals surface area contributed by atoms with E-state index in [1.807, 2.05) is 12.1 Å². The Balaban J connectivity index is 1.57. The number of rotatable bonds is 3. The first-order valence-corrected chi connectivity index (χ1v) is 7.90. The van der Waals surface area contributed by atoms with Crippen LogP contribution in [-0.4, -0.2) is 42.0 Å². The molecule has 1 aromatic rings. The van der Waals surface area contributed by atoms with E-state index in [1.165, 1.54) is 57.4 Å². The maximum Gasteiger partial charge on any atom is 0.0406 e. The first-order valence-electron chi connectivity index (χ1n) is 7.52. The molecule has 104 valence electrons. The topological polar surface area (TPSA) is 6.48 Å². The van der Waals surface area contributed by atoms with E-state index in [1.54, 1.807) is 0 Å². The minimum absolute atomic E-state index is 0.795. The fraction of sp³-hybridized carbons (Fsp3) is 0.625. The predicted octanol–water partition coefficient (Wildman–Crippen LogP) is 3.40. The van der Waals surface area contributed by atoms with Gasteiger partial charge in [-0.1, -0.05) is 23.7 Å². The van der Waals surface area contributed by atoms with Crippen LogP contribution in [0.15, 0.2) is 24.3 Å². The molecule has 2 aliphatic heterocycles. The zero-order chi connectivity index (χ0) is 13.1. The van der Waals surface area contributed by atoms with Gasteiger partial charge >= 0.3 is 0 Å². The summed E-state index contributed by atoms with van der Waals surface area (Å²) in [6.45, 7) is 6.19. The Morgan fingerprint density at radius 3 is 2.47 bits per heavy atom. The maximum absolute atomic E-state index is 5.94. The molecular weight excluding hydrogens is 256 g/mol. The van der Waals surface area contributed by atoms with Crippen LogP contribution in [0.1, 0.15) is 31.2 Å². The standard InChI is InChI=1S/C16H23ClN2/c17-15-7-5-14(6-8-15)12-18-9-3-4-16(13-18)19-10-1-2-11-19/h5-8,16H,1-4,9-13H2. The average Bonchev–Trinajstić information content (AvgIpc) is 2.96. The van der Waals surface area contributed by atoms with Crippen molar-refractivity contribution in [1.29, 1.82) is 0 Å². The van der Waals surface area contributed by atoms with Gasteiger partial charge in [-0.15, -0.1) is 0 Å². The smallest absolute Gasteiger partial charge is 0.0406 e. The molecule has 0 radical (unpaired) electrons. The highest BCUT2D eigenvalue weighted by Gasteiger charge is 2.26. The molecule has 2 fully saturated rings. The van der Waals surface area contributed by atoms with Crippen LogP contribution in [0.3, 0.4) is 0 Å². The van der Waals surface area contributed by atoms with E-state index in [2.05, 4.69) is 21.9 Å². The first-order chi connectivity index (χ1) is 9.31. The third kappa shape index (κ3) is 3.50. The van der Waals surface area contributed by atoms with Crippen LogP contribution < -0.4 is 0 Å². The van der Waals surface area contributed by atoms with E-state index in [9.17, 15) is 0 Å². The van der Waals surface area contributed by atoms with Crippen molar-refractivity contribution in [3.63, 3.8) is 0 Å². The molecule has 0 bridgehead atoms. The third-order valence-corrected chi connectivity index (χ3v) is 4.71. The summed E-state index contributed by atoms with van der Waals surface area (Å²) in [6, 6.07) is 9.10. The molecule has 2 heterocycles. The van der Waals surface area contributed by atoms with E-state index in [-0.39, 0.29) is 0 Å². The van der Waals surface area contributed by atoms with Crippen LogP contribution in [0.5, 0.6) is 0 Å². The van der Waals surface area contributed by atoms with Crippen molar-refractivity contribution >= 4 is 11.6 Å². The maximum atomic E-state index is 5.94. The molecule has 0 amide bonds. The molecule has 3 rings (SSSR count). The highest BCUT2D eigenvalue weighted by atomic mass is 35.5. The Kier molecular flexibility index (Phi) is 4.42. The van der Waals surface area contributed by atoms with Gasteiger partial charge in [0.15, 0.2) is 0 Å². The van der Waals surface area contributed by atoms with Gasteiger partial charge in [-0.25, -0.2) is 0 Å². The summed E-state index contributed by atoms with van der Waals surface area (Å²) >= 11 is 5.94. The number of hydrogen-bond donors (Lipinski definition) is 0. The molecule has 0 N–H and O–H groups in total. The summed E-state index contributed by atoms with van der Waals surface area (Å²) < 4.78 is 0. The Labute approximate surface area is 121 Å². The SMILES string of the molecule is Clc1ccc(CN2CCCC(N3CCCC3)C2)cc1. The second kappa shape index (κ2) is 6.25. The van der Waals surface area contributed by atoms with Crippen LogP contribution in [0, 0.1) is 0 Å². The second-order valence-corrected chi connectivity index (χ2v) is 6.34. The molecule has 2 nitrogen and oxygen atoms in total. The van der Waals surface area contributed by atoms with Gasteiger partial charge in [0.1, 0.15) is 0 Å². The molecule has 3 heteroatoms. The number of nitrogens with zero attached hydrogens (tertiary/aromatic N) is 2. The van der Waals surface area contributed by atoms with Crippen molar-refractivity contribution in [2.75, 3.05) is 26.2 Å². The van der Waals surface area contributed by atoms with Gasteiger partial charge in [-0.3, -0.25) is 9.80 Å². The van der Waals surface area contributed by atoms with Gasteiger partial charge in [0.05, 0.1) is 0 Å². The molecule has 1 aromatic carbocycles. The molecule has 2 aliphatic rings. The van der Waals surface area contributed by atoms with E-state index in [0.29, 0.717) is 0 Å². The van der Waals surface area contributed by atoms with E-state index < -0.39 is 0 Å². The molecule has 1 unspecified atom stereocenters. The van der Waals surface area contributed by atoms with Crippen LogP contribution in [0.2, 0.25) is 5.02 Å².